The Balaban J connectivity index is 2.62. The number of halogens is 2. The molecule has 0 heterocycles. The van der Waals surface area contributed by atoms with E-state index in [1.165, 1.54) is 12.5 Å². The van der Waals surface area contributed by atoms with Crippen molar-refractivity contribution >= 4 is 0 Å². The Hall–Kier alpha value is -0.960. The van der Waals surface area contributed by atoms with Crippen molar-refractivity contribution in [3.8, 4) is 0 Å². The SMILES string of the molecule is CCc1ccc(C(C)NC(C)C(F)F)cc1. The van der Waals surface area contributed by atoms with Crippen LogP contribution < -0.4 is 5.32 Å². The first kappa shape index (κ1) is 13.1. The molecule has 90 valence electrons. The summed E-state index contributed by atoms with van der Waals surface area (Å²) in [7, 11) is 0. The first-order chi connectivity index (χ1) is 7.54. The van der Waals surface area contributed by atoms with Crippen LogP contribution in [-0.4, -0.2) is 12.5 Å². The molecule has 2 unspecified atom stereocenters. The van der Waals surface area contributed by atoms with Gasteiger partial charge in [0.2, 0.25) is 0 Å². The molecule has 0 radical (unpaired) electrons. The maximum Gasteiger partial charge on any atom is 0.253 e. The predicted octanol–water partition coefficient (Wildman–Crippen LogP) is 3.55. The number of nitrogens with one attached hydrogen (secondary N) is 1. The van der Waals surface area contributed by atoms with Crippen LogP contribution in [0.15, 0.2) is 24.3 Å². The molecule has 1 rings (SSSR count). The highest BCUT2D eigenvalue weighted by molar-refractivity contribution is 5.24. The molecule has 1 nitrogen and oxygen atoms in total. The minimum absolute atomic E-state index is 0.0464. The topological polar surface area (TPSA) is 12.0 Å². The van der Waals surface area contributed by atoms with E-state index in [0.29, 0.717) is 0 Å². The number of hydrogen-bond acceptors (Lipinski definition) is 1. The summed E-state index contributed by atoms with van der Waals surface area (Å²) < 4.78 is 24.7. The molecule has 0 saturated carbocycles. The highest BCUT2D eigenvalue weighted by Gasteiger charge is 2.17. The summed E-state index contributed by atoms with van der Waals surface area (Å²) in [6.07, 6.45) is -1.33. The second kappa shape index (κ2) is 5.94. The van der Waals surface area contributed by atoms with Gasteiger partial charge in [0.05, 0.1) is 6.04 Å². The summed E-state index contributed by atoms with van der Waals surface area (Å²) in [5.74, 6) is 0. The third kappa shape index (κ3) is 3.56. The lowest BCUT2D eigenvalue weighted by Gasteiger charge is -2.19. The predicted molar refractivity (Wildman–Crippen MR) is 62.8 cm³/mol. The van der Waals surface area contributed by atoms with Crippen molar-refractivity contribution in [2.45, 2.75) is 45.7 Å². The summed E-state index contributed by atoms with van der Waals surface area (Å²) in [5, 5.41) is 2.88. The summed E-state index contributed by atoms with van der Waals surface area (Å²) in [4.78, 5) is 0. The summed E-state index contributed by atoms with van der Waals surface area (Å²) >= 11 is 0. The molecule has 3 heteroatoms. The maximum atomic E-state index is 12.4. The Bertz CT molecular complexity index is 308. The molecule has 0 fully saturated rings. The van der Waals surface area contributed by atoms with Gasteiger partial charge in [-0.1, -0.05) is 31.2 Å². The molecular formula is C13H19F2N. The van der Waals surface area contributed by atoms with Crippen molar-refractivity contribution in [2.75, 3.05) is 0 Å². The van der Waals surface area contributed by atoms with E-state index in [1.807, 2.05) is 31.2 Å². The van der Waals surface area contributed by atoms with Gasteiger partial charge < -0.3 is 5.32 Å². The zero-order valence-electron chi connectivity index (χ0n) is 10.0. The van der Waals surface area contributed by atoms with Gasteiger partial charge in [0.25, 0.3) is 6.43 Å². The van der Waals surface area contributed by atoms with Crippen molar-refractivity contribution in [3.05, 3.63) is 35.4 Å². The van der Waals surface area contributed by atoms with Crippen molar-refractivity contribution in [3.63, 3.8) is 0 Å². The quantitative estimate of drug-likeness (QED) is 0.811. The molecule has 2 atom stereocenters. The van der Waals surface area contributed by atoms with Gasteiger partial charge >= 0.3 is 0 Å². The van der Waals surface area contributed by atoms with Crippen LogP contribution in [0.5, 0.6) is 0 Å². The number of rotatable bonds is 5. The van der Waals surface area contributed by atoms with E-state index in [0.717, 1.165) is 12.0 Å². The summed E-state index contributed by atoms with van der Waals surface area (Å²) in [6, 6.07) is 7.25. The largest absolute Gasteiger partial charge is 0.302 e. The number of alkyl halides is 2. The molecule has 0 saturated heterocycles. The normalized spacial score (nSPS) is 15.1. The zero-order valence-corrected chi connectivity index (χ0v) is 10.0. The van der Waals surface area contributed by atoms with Gasteiger partial charge in [0, 0.05) is 6.04 Å². The molecule has 1 aromatic carbocycles. The fraction of sp³-hybridized carbons (Fsp3) is 0.538. The first-order valence-corrected chi connectivity index (χ1v) is 5.67. The Morgan fingerprint density at radius 3 is 2.12 bits per heavy atom. The van der Waals surface area contributed by atoms with Crippen molar-refractivity contribution < 1.29 is 8.78 Å². The Morgan fingerprint density at radius 2 is 1.69 bits per heavy atom. The van der Waals surface area contributed by atoms with Crippen molar-refractivity contribution in [1.29, 1.82) is 0 Å². The van der Waals surface area contributed by atoms with Gasteiger partial charge in [-0.05, 0) is 31.4 Å². The Labute approximate surface area is 95.9 Å². The average Bonchev–Trinajstić information content (AvgIpc) is 2.28. The lowest BCUT2D eigenvalue weighted by Crippen LogP contribution is -2.34. The van der Waals surface area contributed by atoms with Gasteiger partial charge in [-0.3, -0.25) is 0 Å². The van der Waals surface area contributed by atoms with Gasteiger partial charge in [-0.15, -0.1) is 0 Å². The molecule has 0 aromatic heterocycles. The Morgan fingerprint density at radius 1 is 1.12 bits per heavy atom. The molecule has 0 spiro atoms. The number of benzene rings is 1. The van der Waals surface area contributed by atoms with Crippen LogP contribution >= 0.6 is 0 Å². The fourth-order valence-corrected chi connectivity index (χ4v) is 1.61. The molecule has 0 aliphatic rings. The van der Waals surface area contributed by atoms with Gasteiger partial charge in [-0.25, -0.2) is 8.78 Å². The Kier molecular flexibility index (Phi) is 4.87. The van der Waals surface area contributed by atoms with Crippen molar-refractivity contribution in [2.24, 2.45) is 0 Å². The molecule has 1 aromatic rings. The van der Waals surface area contributed by atoms with Gasteiger partial charge in [0.1, 0.15) is 0 Å². The highest BCUT2D eigenvalue weighted by Crippen LogP contribution is 2.15. The average molecular weight is 227 g/mol. The van der Waals surface area contributed by atoms with E-state index in [-0.39, 0.29) is 6.04 Å². The van der Waals surface area contributed by atoms with E-state index in [9.17, 15) is 8.78 Å². The van der Waals surface area contributed by atoms with Crippen LogP contribution in [0.1, 0.15) is 37.9 Å². The number of hydrogen-bond donors (Lipinski definition) is 1. The van der Waals surface area contributed by atoms with Crippen LogP contribution in [0, 0.1) is 0 Å². The van der Waals surface area contributed by atoms with Crippen LogP contribution in [-0.2, 0) is 6.42 Å². The molecular weight excluding hydrogens is 208 g/mol. The minimum atomic E-state index is -2.32. The third-order valence-electron chi connectivity index (χ3n) is 2.78. The summed E-state index contributed by atoms with van der Waals surface area (Å²) in [6.45, 7) is 5.50. The van der Waals surface area contributed by atoms with Crippen LogP contribution in [0.4, 0.5) is 8.78 Å². The van der Waals surface area contributed by atoms with Crippen LogP contribution in [0.25, 0.3) is 0 Å². The van der Waals surface area contributed by atoms with E-state index in [2.05, 4.69) is 12.2 Å². The van der Waals surface area contributed by atoms with Crippen molar-refractivity contribution in [1.82, 2.24) is 5.32 Å². The second-order valence-electron chi connectivity index (χ2n) is 4.11. The lowest BCUT2D eigenvalue weighted by atomic mass is 10.0. The van der Waals surface area contributed by atoms with E-state index < -0.39 is 12.5 Å². The molecule has 0 bridgehead atoms. The molecule has 0 aliphatic heterocycles. The molecule has 0 amide bonds. The zero-order chi connectivity index (χ0) is 12.1. The number of aryl methyl sites for hydroxylation is 1. The van der Waals surface area contributed by atoms with Gasteiger partial charge in [0.15, 0.2) is 0 Å². The highest BCUT2D eigenvalue weighted by atomic mass is 19.3. The molecule has 0 aliphatic carbocycles. The monoisotopic (exact) mass is 227 g/mol. The minimum Gasteiger partial charge on any atom is -0.302 e. The fourth-order valence-electron chi connectivity index (χ4n) is 1.61. The standard InChI is InChI=1S/C13H19F2N/c1-4-11-5-7-12(8-6-11)9(2)16-10(3)13(14)15/h5-10,13,16H,4H2,1-3H3. The van der Waals surface area contributed by atoms with Crippen LogP contribution in [0.2, 0.25) is 0 Å². The first-order valence-electron chi connectivity index (χ1n) is 5.67. The maximum absolute atomic E-state index is 12.4. The molecule has 16 heavy (non-hydrogen) atoms. The molecule has 1 N–H and O–H groups in total. The van der Waals surface area contributed by atoms with E-state index in [1.54, 1.807) is 0 Å². The van der Waals surface area contributed by atoms with E-state index in [4.69, 9.17) is 0 Å². The second-order valence-corrected chi connectivity index (χ2v) is 4.11. The van der Waals surface area contributed by atoms with E-state index >= 15 is 0 Å². The van der Waals surface area contributed by atoms with Gasteiger partial charge in [-0.2, -0.15) is 0 Å². The summed E-state index contributed by atoms with van der Waals surface area (Å²) in [5.41, 5.74) is 2.31. The lowest BCUT2D eigenvalue weighted by molar-refractivity contribution is 0.101. The third-order valence-corrected chi connectivity index (χ3v) is 2.78. The van der Waals surface area contributed by atoms with Crippen LogP contribution in [0.3, 0.4) is 0 Å². The smallest absolute Gasteiger partial charge is 0.253 e.